The van der Waals surface area contributed by atoms with Crippen molar-refractivity contribution in [3.8, 4) is 67.5 Å². The average Bonchev–Trinajstić information content (AvgIpc) is 4.06. The number of benzene rings is 10. The van der Waals surface area contributed by atoms with Crippen LogP contribution >= 0.6 is 0 Å². The molecule has 2 aromatic heterocycles. The fraction of sp³-hybridized carbons (Fsp3) is 0.0308. The predicted molar refractivity (Wildman–Crippen MR) is 277 cm³/mol. The first-order valence-electron chi connectivity index (χ1n) is 23.7. The number of rotatable bonds is 4. The van der Waals surface area contributed by atoms with Gasteiger partial charge in [-0.2, -0.15) is 0 Å². The predicted octanol–water partition coefficient (Wildman–Crippen LogP) is 15.5. The Bertz CT molecular complexity index is 3920. The molecule has 4 nitrogen and oxygen atoms in total. The SMILES string of the molecule is c1ccc(-c2nc(-c3ccccc3)nc(-c3ccc(-c4ccc5c(c4)C4(c6ccccc6C6(c7ccccc7-c7ccccc76)c6ccccc64)c4ccc6oc7ccccc7c6c4-5)cc3)n2)cc1. The molecule has 4 heteroatoms. The molecule has 2 heterocycles. The fourth-order valence-corrected chi connectivity index (χ4v) is 12.5. The van der Waals surface area contributed by atoms with Gasteiger partial charge in [0, 0.05) is 27.5 Å². The molecule has 10 aromatic carbocycles. The average molecular weight is 878 g/mol. The lowest BCUT2D eigenvalue weighted by molar-refractivity contribution is 0.632. The van der Waals surface area contributed by atoms with Gasteiger partial charge in [-0.1, -0.05) is 218 Å². The van der Waals surface area contributed by atoms with Crippen LogP contribution in [0.5, 0.6) is 0 Å². The fourth-order valence-electron chi connectivity index (χ4n) is 12.5. The molecule has 0 fully saturated rings. The zero-order valence-corrected chi connectivity index (χ0v) is 37.3. The first-order chi connectivity index (χ1) is 34.2. The minimum Gasteiger partial charge on any atom is -0.456 e. The smallest absolute Gasteiger partial charge is 0.164 e. The monoisotopic (exact) mass is 877 g/mol. The van der Waals surface area contributed by atoms with E-state index in [0.29, 0.717) is 17.5 Å². The molecular formula is C65H39N3O. The van der Waals surface area contributed by atoms with Gasteiger partial charge in [0.1, 0.15) is 11.2 Å². The van der Waals surface area contributed by atoms with Gasteiger partial charge in [-0.3, -0.25) is 0 Å². The number of hydrogen-bond acceptors (Lipinski definition) is 4. The van der Waals surface area contributed by atoms with Gasteiger partial charge >= 0.3 is 0 Å². The molecule has 69 heavy (non-hydrogen) atoms. The van der Waals surface area contributed by atoms with E-state index >= 15 is 0 Å². The summed E-state index contributed by atoms with van der Waals surface area (Å²) < 4.78 is 6.65. The number of hydrogen-bond donors (Lipinski definition) is 0. The van der Waals surface area contributed by atoms with Crippen LogP contribution < -0.4 is 0 Å². The minimum absolute atomic E-state index is 0.524. The Kier molecular flexibility index (Phi) is 7.88. The minimum atomic E-state index is -0.662. The van der Waals surface area contributed by atoms with Crippen LogP contribution in [0, 0.1) is 0 Å². The first-order valence-corrected chi connectivity index (χ1v) is 23.7. The second-order valence-electron chi connectivity index (χ2n) is 18.5. The Morgan fingerprint density at radius 2 is 0.710 bits per heavy atom. The molecule has 0 saturated carbocycles. The summed E-state index contributed by atoms with van der Waals surface area (Å²) in [6.45, 7) is 0. The van der Waals surface area contributed by atoms with Crippen molar-refractivity contribution in [2.45, 2.75) is 10.8 Å². The molecular weight excluding hydrogens is 839 g/mol. The molecule has 0 N–H and O–H groups in total. The summed E-state index contributed by atoms with van der Waals surface area (Å²) in [6.07, 6.45) is 0. The Morgan fingerprint density at radius 1 is 0.275 bits per heavy atom. The zero-order valence-electron chi connectivity index (χ0n) is 37.3. The quantitative estimate of drug-likeness (QED) is 0.177. The summed E-state index contributed by atoms with van der Waals surface area (Å²) >= 11 is 0. The van der Waals surface area contributed by atoms with Gasteiger partial charge in [0.15, 0.2) is 17.5 Å². The number of furan rings is 1. The van der Waals surface area contributed by atoms with Crippen LogP contribution in [0.3, 0.4) is 0 Å². The molecule has 0 atom stereocenters. The van der Waals surface area contributed by atoms with E-state index in [-0.39, 0.29) is 0 Å². The highest BCUT2D eigenvalue weighted by Crippen LogP contribution is 2.68. The Balaban J connectivity index is 0.973. The molecule has 2 spiro atoms. The maximum Gasteiger partial charge on any atom is 0.164 e. The van der Waals surface area contributed by atoms with E-state index in [1.165, 1.54) is 66.8 Å². The van der Waals surface area contributed by atoms with E-state index < -0.39 is 10.8 Å². The van der Waals surface area contributed by atoms with Gasteiger partial charge in [0.25, 0.3) is 0 Å². The normalized spacial score (nSPS) is 14.0. The summed E-state index contributed by atoms with van der Waals surface area (Å²) in [6, 6.07) is 86.0. The maximum atomic E-state index is 6.65. The van der Waals surface area contributed by atoms with Crippen LogP contribution in [0.15, 0.2) is 241 Å². The van der Waals surface area contributed by atoms with Gasteiger partial charge in [0.05, 0.1) is 10.8 Å². The van der Waals surface area contributed by atoms with E-state index in [0.717, 1.165) is 49.8 Å². The number of para-hydroxylation sites is 1. The van der Waals surface area contributed by atoms with Crippen molar-refractivity contribution in [3.05, 3.63) is 281 Å². The van der Waals surface area contributed by atoms with Crippen molar-refractivity contribution in [1.82, 2.24) is 15.0 Å². The van der Waals surface area contributed by atoms with E-state index in [4.69, 9.17) is 19.4 Å². The summed E-state index contributed by atoms with van der Waals surface area (Å²) in [4.78, 5) is 15.0. The second-order valence-corrected chi connectivity index (χ2v) is 18.5. The zero-order chi connectivity index (χ0) is 45.3. The van der Waals surface area contributed by atoms with Gasteiger partial charge < -0.3 is 4.42 Å². The molecule has 12 aromatic rings. The van der Waals surface area contributed by atoms with Crippen molar-refractivity contribution < 1.29 is 4.42 Å². The Hall–Kier alpha value is -8.99. The molecule has 0 radical (unpaired) electrons. The molecule has 0 bridgehead atoms. The van der Waals surface area contributed by atoms with Crippen LogP contribution in [0.1, 0.15) is 44.5 Å². The van der Waals surface area contributed by atoms with Crippen molar-refractivity contribution in [2.75, 3.05) is 0 Å². The van der Waals surface area contributed by atoms with Gasteiger partial charge in [-0.05, 0) is 96.1 Å². The molecule has 0 aliphatic heterocycles. The van der Waals surface area contributed by atoms with E-state index in [2.05, 4.69) is 176 Å². The third kappa shape index (κ3) is 5.10. The summed E-state index contributed by atoms with van der Waals surface area (Å²) in [5.41, 5.74) is 21.1. The lowest BCUT2D eigenvalue weighted by Gasteiger charge is -2.48. The largest absolute Gasteiger partial charge is 0.456 e. The molecule has 15 rings (SSSR count). The molecule has 3 aliphatic carbocycles. The highest BCUT2D eigenvalue weighted by atomic mass is 16.3. The lowest BCUT2D eigenvalue weighted by Crippen LogP contribution is -2.43. The standard InChI is InChI=1S/C65H39N3O/c1-3-17-41(18-4-1)61-66-62(42-19-5-2-6-20-42)68-63(67-61)43-33-31-40(32-34-43)44-35-36-47-56(39-44)65(55-37-38-58-60(59(47)55)48-23-9-16-30-57(48)69-58)53-28-14-12-26-51(53)64(52-27-13-15-29-54(52)65)49-24-10-7-21-45(49)46-22-8-11-25-50(46)64/h1-39H. The molecule has 320 valence electrons. The Morgan fingerprint density at radius 3 is 1.28 bits per heavy atom. The van der Waals surface area contributed by atoms with Gasteiger partial charge in [-0.15, -0.1) is 0 Å². The van der Waals surface area contributed by atoms with Gasteiger partial charge in [0.2, 0.25) is 0 Å². The van der Waals surface area contributed by atoms with Crippen LogP contribution in [0.2, 0.25) is 0 Å². The van der Waals surface area contributed by atoms with Gasteiger partial charge in [-0.25, -0.2) is 15.0 Å². The van der Waals surface area contributed by atoms with Crippen molar-refractivity contribution in [1.29, 1.82) is 0 Å². The summed E-state index contributed by atoms with van der Waals surface area (Å²) in [5, 5.41) is 2.29. The highest BCUT2D eigenvalue weighted by molar-refractivity contribution is 6.16. The number of nitrogens with zero attached hydrogens (tertiary/aromatic N) is 3. The Labute approximate surface area is 398 Å². The topological polar surface area (TPSA) is 51.8 Å². The van der Waals surface area contributed by atoms with E-state index in [9.17, 15) is 0 Å². The summed E-state index contributed by atoms with van der Waals surface area (Å²) in [7, 11) is 0. The molecule has 0 saturated heterocycles. The number of fused-ring (bicyclic) bond motifs is 20. The van der Waals surface area contributed by atoms with E-state index in [1.807, 2.05) is 60.7 Å². The van der Waals surface area contributed by atoms with Crippen molar-refractivity contribution in [2.24, 2.45) is 0 Å². The first kappa shape index (κ1) is 38.1. The highest BCUT2D eigenvalue weighted by Gasteiger charge is 2.59. The third-order valence-corrected chi connectivity index (χ3v) is 15.2. The summed E-state index contributed by atoms with van der Waals surface area (Å²) in [5.74, 6) is 1.92. The van der Waals surface area contributed by atoms with Crippen molar-refractivity contribution >= 4 is 21.9 Å². The van der Waals surface area contributed by atoms with E-state index in [1.54, 1.807) is 0 Å². The van der Waals surface area contributed by atoms with Crippen LogP contribution in [0.4, 0.5) is 0 Å². The maximum absolute atomic E-state index is 6.65. The third-order valence-electron chi connectivity index (χ3n) is 15.2. The molecule has 3 aliphatic rings. The van der Waals surface area contributed by atoms with Crippen LogP contribution in [-0.2, 0) is 10.8 Å². The second kappa shape index (κ2) is 14.3. The molecule has 0 unspecified atom stereocenters. The van der Waals surface area contributed by atoms with Crippen LogP contribution in [-0.4, -0.2) is 15.0 Å². The molecule has 0 amide bonds. The number of aromatic nitrogens is 3. The van der Waals surface area contributed by atoms with Crippen molar-refractivity contribution in [3.63, 3.8) is 0 Å². The lowest BCUT2D eigenvalue weighted by atomic mass is 9.52. The van der Waals surface area contributed by atoms with Crippen LogP contribution in [0.25, 0.3) is 89.5 Å².